The number of nitrogens with zero attached hydrogens (tertiary/aromatic N) is 2. The second kappa shape index (κ2) is 4.84. The third kappa shape index (κ3) is 2.30. The second-order valence-electron chi connectivity index (χ2n) is 3.11. The van der Waals surface area contributed by atoms with Crippen LogP contribution in [0, 0.1) is 0 Å². The van der Waals surface area contributed by atoms with Crippen molar-refractivity contribution < 1.29 is 14.6 Å². The fourth-order valence-corrected chi connectivity index (χ4v) is 1.32. The van der Waals surface area contributed by atoms with E-state index in [-0.39, 0.29) is 22.3 Å². The molecule has 0 amide bonds. The van der Waals surface area contributed by atoms with Crippen LogP contribution in [-0.4, -0.2) is 26.0 Å². The summed E-state index contributed by atoms with van der Waals surface area (Å²) in [7, 11) is 0. The zero-order valence-electron chi connectivity index (χ0n) is 8.75. The first-order valence-electron chi connectivity index (χ1n) is 4.69. The first-order chi connectivity index (χ1) is 8.59. The molecule has 0 aliphatic heterocycles. The maximum atomic E-state index is 11.2. The number of hydrogen-bond acceptors (Lipinski definition) is 5. The SMILES string of the molecule is O=C(O)c1ncccc1Oc1nc[nH]c(=O)c1Cl. The lowest BCUT2D eigenvalue weighted by Crippen LogP contribution is -2.09. The normalized spacial score (nSPS) is 10.1. The molecule has 7 nitrogen and oxygen atoms in total. The molecule has 0 saturated heterocycles. The summed E-state index contributed by atoms with van der Waals surface area (Å²) in [5.74, 6) is -1.49. The number of nitrogens with one attached hydrogen (secondary N) is 1. The molecular formula is C10H6ClN3O4. The second-order valence-corrected chi connectivity index (χ2v) is 3.49. The van der Waals surface area contributed by atoms with Gasteiger partial charge in [0.1, 0.15) is 0 Å². The Morgan fingerprint density at radius 1 is 1.44 bits per heavy atom. The molecule has 2 N–H and O–H groups in total. The number of carboxylic acid groups (broad SMARTS) is 1. The minimum atomic E-state index is -1.26. The van der Waals surface area contributed by atoms with Crippen LogP contribution in [0.1, 0.15) is 10.5 Å². The van der Waals surface area contributed by atoms with Gasteiger partial charge in [-0.1, -0.05) is 11.6 Å². The molecule has 2 rings (SSSR count). The zero-order chi connectivity index (χ0) is 13.1. The topological polar surface area (TPSA) is 105 Å². The van der Waals surface area contributed by atoms with Crippen LogP contribution in [0.4, 0.5) is 0 Å². The van der Waals surface area contributed by atoms with Gasteiger partial charge in [-0.15, -0.1) is 0 Å². The van der Waals surface area contributed by atoms with Crippen molar-refractivity contribution in [2.75, 3.05) is 0 Å². The van der Waals surface area contributed by atoms with Crippen LogP contribution < -0.4 is 10.3 Å². The average Bonchev–Trinajstić information content (AvgIpc) is 2.35. The molecule has 2 heterocycles. The number of carbonyl (C=O) groups is 1. The lowest BCUT2D eigenvalue weighted by atomic mass is 10.3. The molecule has 18 heavy (non-hydrogen) atoms. The van der Waals surface area contributed by atoms with Crippen molar-refractivity contribution in [2.24, 2.45) is 0 Å². The number of halogens is 1. The minimum Gasteiger partial charge on any atom is -0.476 e. The standard InChI is InChI=1S/C10H6ClN3O4/c11-6-8(15)13-4-14-9(6)18-5-2-1-3-12-7(5)10(16)17/h1-4H,(H,16,17)(H,13,14,15). The van der Waals surface area contributed by atoms with E-state index in [4.69, 9.17) is 21.4 Å². The molecule has 0 aromatic carbocycles. The number of rotatable bonds is 3. The third-order valence-corrected chi connectivity index (χ3v) is 2.28. The van der Waals surface area contributed by atoms with Crippen LogP contribution in [0.15, 0.2) is 29.5 Å². The Morgan fingerprint density at radius 3 is 2.94 bits per heavy atom. The summed E-state index contributed by atoms with van der Waals surface area (Å²) < 4.78 is 5.18. The highest BCUT2D eigenvalue weighted by Gasteiger charge is 2.15. The average molecular weight is 268 g/mol. The van der Waals surface area contributed by atoms with Crippen molar-refractivity contribution in [1.29, 1.82) is 0 Å². The highest BCUT2D eigenvalue weighted by atomic mass is 35.5. The molecule has 0 aliphatic rings. The molecule has 92 valence electrons. The fraction of sp³-hybridized carbons (Fsp3) is 0. The van der Waals surface area contributed by atoms with E-state index in [0.717, 1.165) is 6.33 Å². The van der Waals surface area contributed by atoms with E-state index in [1.165, 1.54) is 18.3 Å². The zero-order valence-corrected chi connectivity index (χ0v) is 9.51. The summed E-state index contributed by atoms with van der Waals surface area (Å²) in [5, 5.41) is 8.64. The van der Waals surface area contributed by atoms with Crippen molar-refractivity contribution in [3.8, 4) is 11.6 Å². The van der Waals surface area contributed by atoms with Crippen LogP contribution in [0.2, 0.25) is 5.02 Å². The highest BCUT2D eigenvalue weighted by molar-refractivity contribution is 6.31. The molecule has 0 radical (unpaired) electrons. The molecule has 2 aromatic heterocycles. The predicted octanol–water partition coefficient (Wildman–Crippen LogP) is 1.31. The molecule has 0 saturated carbocycles. The molecular weight excluding hydrogens is 262 g/mol. The van der Waals surface area contributed by atoms with Gasteiger partial charge in [0.2, 0.25) is 5.88 Å². The van der Waals surface area contributed by atoms with Gasteiger partial charge in [-0.25, -0.2) is 14.8 Å². The number of hydrogen-bond donors (Lipinski definition) is 2. The smallest absolute Gasteiger partial charge is 0.358 e. The maximum Gasteiger partial charge on any atom is 0.358 e. The molecule has 0 bridgehead atoms. The van der Waals surface area contributed by atoms with Crippen molar-refractivity contribution >= 4 is 17.6 Å². The third-order valence-electron chi connectivity index (χ3n) is 1.94. The molecule has 0 aliphatic carbocycles. The van der Waals surface area contributed by atoms with Gasteiger partial charge < -0.3 is 14.8 Å². The lowest BCUT2D eigenvalue weighted by molar-refractivity contribution is 0.0687. The van der Waals surface area contributed by atoms with Gasteiger partial charge in [0, 0.05) is 6.20 Å². The summed E-state index contributed by atoms with van der Waals surface area (Å²) in [5.41, 5.74) is -0.877. The first kappa shape index (κ1) is 12.1. The molecule has 0 fully saturated rings. The molecule has 8 heteroatoms. The summed E-state index contributed by atoms with van der Waals surface area (Å²) in [4.78, 5) is 31.7. The monoisotopic (exact) mass is 267 g/mol. The van der Waals surface area contributed by atoms with Gasteiger partial charge in [0.05, 0.1) is 6.33 Å². The van der Waals surface area contributed by atoms with E-state index in [9.17, 15) is 9.59 Å². The van der Waals surface area contributed by atoms with Crippen LogP contribution in [0.25, 0.3) is 0 Å². The van der Waals surface area contributed by atoms with Crippen molar-refractivity contribution in [2.45, 2.75) is 0 Å². The van der Waals surface area contributed by atoms with Gasteiger partial charge >= 0.3 is 5.97 Å². The summed E-state index contributed by atoms with van der Waals surface area (Å²) >= 11 is 5.68. The Balaban J connectivity index is 2.43. The molecule has 0 spiro atoms. The van der Waals surface area contributed by atoms with Gasteiger partial charge in [-0.2, -0.15) is 0 Å². The number of carboxylic acids is 1. The van der Waals surface area contributed by atoms with Crippen LogP contribution in [0.5, 0.6) is 11.6 Å². The van der Waals surface area contributed by atoms with E-state index in [1.54, 1.807) is 0 Å². The van der Waals surface area contributed by atoms with Gasteiger partial charge in [0.25, 0.3) is 5.56 Å². The minimum absolute atomic E-state index is 0.0509. The van der Waals surface area contributed by atoms with Gasteiger partial charge in [-0.3, -0.25) is 4.79 Å². The summed E-state index contributed by atoms with van der Waals surface area (Å²) in [6.45, 7) is 0. The van der Waals surface area contributed by atoms with E-state index < -0.39 is 11.5 Å². The van der Waals surface area contributed by atoms with Gasteiger partial charge in [0.15, 0.2) is 16.5 Å². The van der Waals surface area contributed by atoms with E-state index >= 15 is 0 Å². The number of aromatic amines is 1. The van der Waals surface area contributed by atoms with Crippen LogP contribution in [0.3, 0.4) is 0 Å². The summed E-state index contributed by atoms with van der Waals surface area (Å²) in [6, 6.07) is 2.87. The molecule has 0 atom stereocenters. The number of aromatic nitrogens is 3. The Bertz CT molecular complexity index is 656. The van der Waals surface area contributed by atoms with E-state index in [0.29, 0.717) is 0 Å². The van der Waals surface area contributed by atoms with Crippen molar-refractivity contribution in [3.05, 3.63) is 45.7 Å². The van der Waals surface area contributed by atoms with Crippen molar-refractivity contribution in [3.63, 3.8) is 0 Å². The van der Waals surface area contributed by atoms with E-state index in [1.807, 2.05) is 0 Å². The highest BCUT2D eigenvalue weighted by Crippen LogP contribution is 2.25. The van der Waals surface area contributed by atoms with Crippen LogP contribution in [-0.2, 0) is 0 Å². The largest absolute Gasteiger partial charge is 0.476 e. The lowest BCUT2D eigenvalue weighted by Gasteiger charge is -2.06. The molecule has 2 aromatic rings. The molecule has 0 unspecified atom stereocenters. The Hall–Kier alpha value is -2.41. The van der Waals surface area contributed by atoms with Crippen molar-refractivity contribution in [1.82, 2.24) is 15.0 Å². The number of ether oxygens (including phenoxy) is 1. The van der Waals surface area contributed by atoms with E-state index in [2.05, 4.69) is 15.0 Å². The fourth-order valence-electron chi connectivity index (χ4n) is 1.18. The number of pyridine rings is 1. The number of H-pyrrole nitrogens is 1. The first-order valence-corrected chi connectivity index (χ1v) is 5.06. The Morgan fingerprint density at radius 2 is 2.22 bits per heavy atom. The van der Waals surface area contributed by atoms with Gasteiger partial charge in [-0.05, 0) is 12.1 Å². The predicted molar refractivity (Wildman–Crippen MR) is 61.1 cm³/mol. The Labute approximate surface area is 105 Å². The quantitative estimate of drug-likeness (QED) is 0.868. The maximum absolute atomic E-state index is 11.2. The Kier molecular flexibility index (Phi) is 3.24. The van der Waals surface area contributed by atoms with Crippen LogP contribution >= 0.6 is 11.6 Å². The summed E-state index contributed by atoms with van der Waals surface area (Å²) in [6.07, 6.45) is 2.41. The number of aromatic carboxylic acids is 1.